The van der Waals surface area contributed by atoms with Gasteiger partial charge in [0.25, 0.3) is 0 Å². The maximum atomic E-state index is 13.3. The highest BCUT2D eigenvalue weighted by atomic mass is 31.2. The largest absolute Gasteiger partial charge is 0.513 e. The van der Waals surface area contributed by atoms with Crippen LogP contribution in [-0.4, -0.2) is 0 Å². The summed E-state index contributed by atoms with van der Waals surface area (Å²) in [4.78, 5) is 0. The minimum atomic E-state index is -3.60. The Kier molecular flexibility index (Phi) is 6.11. The average Bonchev–Trinajstić information content (AvgIpc) is 2.68. The predicted octanol–water partition coefficient (Wildman–Crippen LogP) is 5.60. The molecule has 0 saturated carbocycles. The highest BCUT2D eigenvalue weighted by molar-refractivity contribution is 7.52. The maximum Gasteiger partial charge on any atom is 0.513 e. The standard InChI is InChI=1S/C21H22NO3P/c1-2-18-13-15-19(16-14-18)17-22-26(23,24-20-9-5-3-6-10-20)25-21-11-7-4-8-12-21/h3-16H,2,17H2,1H3,(H,22,23). The van der Waals surface area contributed by atoms with Crippen LogP contribution in [0.25, 0.3) is 0 Å². The first-order chi connectivity index (χ1) is 12.7. The van der Waals surface area contributed by atoms with Gasteiger partial charge in [-0.1, -0.05) is 67.6 Å². The van der Waals surface area contributed by atoms with Crippen molar-refractivity contribution in [2.45, 2.75) is 19.9 Å². The van der Waals surface area contributed by atoms with Crippen LogP contribution in [0.3, 0.4) is 0 Å². The van der Waals surface area contributed by atoms with Gasteiger partial charge in [-0.3, -0.25) is 0 Å². The van der Waals surface area contributed by atoms with Crippen molar-refractivity contribution in [3.05, 3.63) is 96.1 Å². The molecule has 26 heavy (non-hydrogen) atoms. The number of rotatable bonds is 8. The third kappa shape index (κ3) is 5.22. The second-order valence-corrected chi connectivity index (χ2v) is 7.49. The number of hydrogen-bond acceptors (Lipinski definition) is 3. The summed E-state index contributed by atoms with van der Waals surface area (Å²) in [6.07, 6.45) is 0.987. The van der Waals surface area contributed by atoms with Crippen LogP contribution in [-0.2, 0) is 17.5 Å². The highest BCUT2D eigenvalue weighted by Gasteiger charge is 2.28. The lowest BCUT2D eigenvalue weighted by molar-refractivity contribution is 0.370. The van der Waals surface area contributed by atoms with E-state index in [2.05, 4.69) is 24.1 Å². The van der Waals surface area contributed by atoms with Crippen molar-refractivity contribution in [3.63, 3.8) is 0 Å². The Morgan fingerprint density at radius 1 is 0.731 bits per heavy atom. The molecule has 134 valence electrons. The Balaban J connectivity index is 1.76. The first kappa shape index (κ1) is 18.2. The van der Waals surface area contributed by atoms with E-state index in [1.54, 1.807) is 24.3 Å². The number of aryl methyl sites for hydroxylation is 1. The van der Waals surface area contributed by atoms with Crippen molar-refractivity contribution in [2.75, 3.05) is 0 Å². The van der Waals surface area contributed by atoms with Crippen molar-refractivity contribution in [3.8, 4) is 11.5 Å². The summed E-state index contributed by atoms with van der Waals surface area (Å²) in [5.41, 5.74) is 2.27. The summed E-state index contributed by atoms with van der Waals surface area (Å²) >= 11 is 0. The van der Waals surface area contributed by atoms with E-state index in [1.807, 2.05) is 48.5 Å². The predicted molar refractivity (Wildman–Crippen MR) is 104 cm³/mol. The van der Waals surface area contributed by atoms with Gasteiger partial charge in [0, 0.05) is 6.54 Å². The molecule has 3 aromatic rings. The summed E-state index contributed by atoms with van der Waals surface area (Å²) < 4.78 is 24.7. The summed E-state index contributed by atoms with van der Waals surface area (Å²) in [5.74, 6) is 0.973. The van der Waals surface area contributed by atoms with Crippen LogP contribution in [0.15, 0.2) is 84.9 Å². The fraction of sp³-hybridized carbons (Fsp3) is 0.143. The molecular formula is C21H22NO3P. The van der Waals surface area contributed by atoms with E-state index in [9.17, 15) is 4.57 Å². The first-order valence-electron chi connectivity index (χ1n) is 8.59. The number of para-hydroxylation sites is 2. The smallest absolute Gasteiger partial charge is 0.405 e. The van der Waals surface area contributed by atoms with Crippen molar-refractivity contribution < 1.29 is 13.6 Å². The van der Waals surface area contributed by atoms with Gasteiger partial charge >= 0.3 is 7.75 Å². The van der Waals surface area contributed by atoms with Crippen molar-refractivity contribution in [1.29, 1.82) is 0 Å². The molecule has 0 atom stereocenters. The average molecular weight is 367 g/mol. The number of nitrogens with one attached hydrogen (secondary N) is 1. The molecule has 4 nitrogen and oxygen atoms in total. The normalized spacial score (nSPS) is 11.1. The van der Waals surface area contributed by atoms with Crippen LogP contribution in [0.5, 0.6) is 11.5 Å². The lowest BCUT2D eigenvalue weighted by Crippen LogP contribution is -2.18. The molecule has 0 aliphatic rings. The molecule has 0 fully saturated rings. The van der Waals surface area contributed by atoms with E-state index >= 15 is 0 Å². The van der Waals surface area contributed by atoms with Gasteiger partial charge in [-0.15, -0.1) is 0 Å². The minimum Gasteiger partial charge on any atom is -0.405 e. The summed E-state index contributed by atoms with van der Waals surface area (Å²) in [6.45, 7) is 2.49. The van der Waals surface area contributed by atoms with E-state index in [4.69, 9.17) is 9.05 Å². The van der Waals surface area contributed by atoms with E-state index in [0.29, 0.717) is 18.0 Å². The van der Waals surface area contributed by atoms with E-state index in [0.717, 1.165) is 12.0 Å². The molecule has 0 aliphatic heterocycles. The summed E-state index contributed by atoms with van der Waals surface area (Å²) in [7, 11) is -3.60. The van der Waals surface area contributed by atoms with Crippen molar-refractivity contribution in [2.24, 2.45) is 0 Å². The Morgan fingerprint density at radius 2 is 1.19 bits per heavy atom. The monoisotopic (exact) mass is 367 g/mol. The van der Waals surface area contributed by atoms with Crippen LogP contribution in [0.4, 0.5) is 0 Å². The first-order valence-corrected chi connectivity index (χ1v) is 10.1. The molecule has 1 N–H and O–H groups in total. The SMILES string of the molecule is CCc1ccc(CNP(=O)(Oc2ccccc2)Oc2ccccc2)cc1. The quantitative estimate of drug-likeness (QED) is 0.526. The summed E-state index contributed by atoms with van der Waals surface area (Å²) in [6, 6.07) is 26.2. The topological polar surface area (TPSA) is 47.6 Å². The number of benzene rings is 3. The molecule has 0 aromatic heterocycles. The maximum absolute atomic E-state index is 13.3. The Bertz CT molecular complexity index is 806. The fourth-order valence-corrected chi connectivity index (χ4v) is 3.75. The Hall–Kier alpha value is -2.55. The third-order valence-electron chi connectivity index (χ3n) is 3.85. The zero-order chi connectivity index (χ0) is 18.2. The van der Waals surface area contributed by atoms with Gasteiger partial charge in [0.05, 0.1) is 0 Å². The molecule has 0 bridgehead atoms. The molecule has 0 unspecified atom stereocenters. The third-order valence-corrected chi connectivity index (χ3v) is 5.29. The van der Waals surface area contributed by atoms with E-state index in [-0.39, 0.29) is 0 Å². The van der Waals surface area contributed by atoms with Crippen LogP contribution >= 0.6 is 7.75 Å². The van der Waals surface area contributed by atoms with Crippen LogP contribution in [0.1, 0.15) is 18.1 Å². The van der Waals surface area contributed by atoms with Gasteiger partial charge < -0.3 is 9.05 Å². The molecule has 0 amide bonds. The fourth-order valence-electron chi connectivity index (χ4n) is 2.40. The molecule has 0 spiro atoms. The van der Waals surface area contributed by atoms with E-state index in [1.165, 1.54) is 5.56 Å². The molecule has 0 heterocycles. The molecule has 5 heteroatoms. The zero-order valence-corrected chi connectivity index (χ0v) is 15.6. The lowest BCUT2D eigenvalue weighted by atomic mass is 10.1. The number of hydrogen-bond donors (Lipinski definition) is 1. The molecule has 0 radical (unpaired) electrons. The second kappa shape index (κ2) is 8.70. The van der Waals surface area contributed by atoms with Gasteiger partial charge in [0.15, 0.2) is 0 Å². The molecule has 3 aromatic carbocycles. The van der Waals surface area contributed by atoms with Gasteiger partial charge in [0.1, 0.15) is 11.5 Å². The zero-order valence-electron chi connectivity index (χ0n) is 14.7. The van der Waals surface area contributed by atoms with Crippen LogP contribution in [0.2, 0.25) is 0 Å². The molecular weight excluding hydrogens is 345 g/mol. The molecule has 3 rings (SSSR count). The Labute approximate surface area is 154 Å². The lowest BCUT2D eigenvalue weighted by Gasteiger charge is -2.20. The summed E-state index contributed by atoms with van der Waals surface area (Å²) in [5, 5.41) is 2.96. The van der Waals surface area contributed by atoms with Gasteiger partial charge in [0.2, 0.25) is 0 Å². The van der Waals surface area contributed by atoms with Gasteiger partial charge in [-0.25, -0.2) is 4.57 Å². The van der Waals surface area contributed by atoms with Crippen LogP contribution in [0, 0.1) is 0 Å². The van der Waals surface area contributed by atoms with E-state index < -0.39 is 7.75 Å². The second-order valence-electron chi connectivity index (χ2n) is 5.81. The van der Waals surface area contributed by atoms with Gasteiger partial charge in [-0.2, -0.15) is 5.09 Å². The highest BCUT2D eigenvalue weighted by Crippen LogP contribution is 2.44. The molecule has 0 aliphatic carbocycles. The van der Waals surface area contributed by atoms with Crippen molar-refractivity contribution >= 4 is 7.75 Å². The minimum absolute atomic E-state index is 0.376. The van der Waals surface area contributed by atoms with Crippen LogP contribution < -0.4 is 14.1 Å². The van der Waals surface area contributed by atoms with Gasteiger partial charge in [-0.05, 0) is 41.8 Å². The Morgan fingerprint density at radius 3 is 1.65 bits per heavy atom. The molecule has 0 saturated heterocycles. The van der Waals surface area contributed by atoms with Crippen molar-refractivity contribution in [1.82, 2.24) is 5.09 Å².